The fourth-order valence-electron chi connectivity index (χ4n) is 1.93. The van der Waals surface area contributed by atoms with Crippen LogP contribution >= 0.6 is 0 Å². The number of benzene rings is 1. The van der Waals surface area contributed by atoms with Crippen molar-refractivity contribution in [3.8, 4) is 5.75 Å². The molecule has 0 aliphatic rings. The number of hydrogen-bond acceptors (Lipinski definition) is 3. The third-order valence-corrected chi connectivity index (χ3v) is 2.99. The average Bonchev–Trinajstić information content (AvgIpc) is 2.37. The summed E-state index contributed by atoms with van der Waals surface area (Å²) in [5.41, 5.74) is 1.03. The smallest absolute Gasteiger partial charge is 0.326 e. The Balaban J connectivity index is 2.62. The molecule has 1 aromatic carbocycles. The predicted octanol–water partition coefficient (Wildman–Crippen LogP) is 2.38. The Morgan fingerprint density at radius 2 is 1.95 bits per heavy atom. The molecule has 0 fully saturated rings. The van der Waals surface area contributed by atoms with Crippen molar-refractivity contribution in [3.63, 3.8) is 0 Å². The molecule has 2 unspecified atom stereocenters. The molecule has 21 heavy (non-hydrogen) atoms. The van der Waals surface area contributed by atoms with Crippen molar-refractivity contribution >= 4 is 11.9 Å². The number of ether oxygens (including phenoxy) is 1. The summed E-state index contributed by atoms with van der Waals surface area (Å²) in [4.78, 5) is 23.2. The number of carboxylic acid groups (broad SMARTS) is 1. The van der Waals surface area contributed by atoms with Gasteiger partial charge in [0.05, 0.1) is 0 Å². The van der Waals surface area contributed by atoms with Gasteiger partial charge in [0, 0.05) is 0 Å². The van der Waals surface area contributed by atoms with E-state index in [0.717, 1.165) is 5.56 Å². The van der Waals surface area contributed by atoms with Gasteiger partial charge >= 0.3 is 5.97 Å². The van der Waals surface area contributed by atoms with Crippen LogP contribution in [0.4, 0.5) is 0 Å². The summed E-state index contributed by atoms with van der Waals surface area (Å²) in [5.74, 6) is -0.683. The maximum Gasteiger partial charge on any atom is 0.326 e. The van der Waals surface area contributed by atoms with E-state index in [4.69, 9.17) is 9.84 Å². The number of carbonyl (C=O) groups excluding carboxylic acids is 1. The number of carbonyl (C=O) groups is 2. The number of aliphatic carboxylic acids is 1. The zero-order chi connectivity index (χ0) is 16.0. The molecule has 5 nitrogen and oxygen atoms in total. The minimum Gasteiger partial charge on any atom is -0.481 e. The highest BCUT2D eigenvalue weighted by Crippen LogP contribution is 2.14. The minimum atomic E-state index is -1.03. The van der Waals surface area contributed by atoms with Crippen LogP contribution in [-0.4, -0.2) is 29.1 Å². The van der Waals surface area contributed by atoms with E-state index >= 15 is 0 Å². The van der Waals surface area contributed by atoms with Crippen LogP contribution in [0.15, 0.2) is 24.3 Å². The van der Waals surface area contributed by atoms with Gasteiger partial charge in [-0.2, -0.15) is 0 Å². The first-order chi connectivity index (χ1) is 9.79. The number of aryl methyl sites for hydroxylation is 1. The normalized spacial score (nSPS) is 13.6. The van der Waals surface area contributed by atoms with Crippen molar-refractivity contribution in [2.45, 2.75) is 46.3 Å². The van der Waals surface area contributed by atoms with Crippen molar-refractivity contribution in [2.75, 3.05) is 0 Å². The third-order valence-electron chi connectivity index (χ3n) is 2.99. The largest absolute Gasteiger partial charge is 0.481 e. The molecule has 116 valence electrons. The van der Waals surface area contributed by atoms with Gasteiger partial charge in [0.15, 0.2) is 6.10 Å². The van der Waals surface area contributed by atoms with E-state index in [1.165, 1.54) is 0 Å². The van der Waals surface area contributed by atoms with Gasteiger partial charge in [0.2, 0.25) is 0 Å². The summed E-state index contributed by atoms with van der Waals surface area (Å²) < 4.78 is 5.54. The fraction of sp³-hybridized carbons (Fsp3) is 0.500. The van der Waals surface area contributed by atoms with E-state index in [-0.39, 0.29) is 5.92 Å². The van der Waals surface area contributed by atoms with Crippen LogP contribution < -0.4 is 10.1 Å². The Morgan fingerprint density at radius 1 is 1.29 bits per heavy atom. The van der Waals surface area contributed by atoms with Crippen LogP contribution in [0.3, 0.4) is 0 Å². The van der Waals surface area contributed by atoms with Crippen LogP contribution in [-0.2, 0) is 9.59 Å². The number of amides is 1. The zero-order valence-corrected chi connectivity index (χ0v) is 12.9. The van der Waals surface area contributed by atoms with Crippen molar-refractivity contribution < 1.29 is 19.4 Å². The molecular formula is C16H23NO4. The molecule has 2 N–H and O–H groups in total. The Labute approximate surface area is 125 Å². The van der Waals surface area contributed by atoms with E-state index in [0.29, 0.717) is 12.2 Å². The van der Waals surface area contributed by atoms with Crippen molar-refractivity contribution in [3.05, 3.63) is 29.8 Å². The second kappa shape index (κ2) is 7.67. The van der Waals surface area contributed by atoms with Crippen molar-refractivity contribution in [1.29, 1.82) is 0 Å². The van der Waals surface area contributed by atoms with E-state index in [1.807, 2.05) is 39.0 Å². The lowest BCUT2D eigenvalue weighted by Crippen LogP contribution is -2.46. The second-order valence-electron chi connectivity index (χ2n) is 5.61. The van der Waals surface area contributed by atoms with Gasteiger partial charge in [-0.05, 0) is 43.9 Å². The summed E-state index contributed by atoms with van der Waals surface area (Å²) >= 11 is 0. The highest BCUT2D eigenvalue weighted by molar-refractivity contribution is 5.86. The summed E-state index contributed by atoms with van der Waals surface area (Å²) in [7, 11) is 0. The van der Waals surface area contributed by atoms with Gasteiger partial charge in [-0.15, -0.1) is 0 Å². The molecule has 0 radical (unpaired) electrons. The summed E-state index contributed by atoms with van der Waals surface area (Å²) in [5, 5.41) is 11.6. The minimum absolute atomic E-state index is 0.180. The van der Waals surface area contributed by atoms with Gasteiger partial charge in [-0.25, -0.2) is 4.79 Å². The molecule has 1 rings (SSSR count). The zero-order valence-electron chi connectivity index (χ0n) is 12.9. The average molecular weight is 293 g/mol. The lowest BCUT2D eigenvalue weighted by Gasteiger charge is -2.20. The van der Waals surface area contributed by atoms with Crippen LogP contribution in [0.2, 0.25) is 0 Å². The molecule has 0 saturated heterocycles. The SMILES string of the molecule is Cc1cccc(OC(C)C(=O)NC(CC(C)C)C(=O)O)c1. The van der Waals surface area contributed by atoms with Gasteiger partial charge in [0.25, 0.3) is 5.91 Å². The first-order valence-electron chi connectivity index (χ1n) is 7.06. The molecule has 1 amide bonds. The maximum absolute atomic E-state index is 12.0. The van der Waals surface area contributed by atoms with Gasteiger partial charge in [0.1, 0.15) is 11.8 Å². The highest BCUT2D eigenvalue weighted by Gasteiger charge is 2.24. The molecular weight excluding hydrogens is 270 g/mol. The second-order valence-corrected chi connectivity index (χ2v) is 5.61. The quantitative estimate of drug-likeness (QED) is 0.809. The van der Waals surface area contributed by atoms with E-state index in [9.17, 15) is 9.59 Å². The predicted molar refractivity (Wildman–Crippen MR) is 80.3 cm³/mol. The molecule has 2 atom stereocenters. The topological polar surface area (TPSA) is 75.6 Å². The van der Waals surface area contributed by atoms with Gasteiger partial charge < -0.3 is 15.2 Å². The number of rotatable bonds is 7. The molecule has 0 spiro atoms. The molecule has 1 aromatic rings. The molecule has 0 saturated carbocycles. The molecule has 0 aliphatic heterocycles. The fourth-order valence-corrected chi connectivity index (χ4v) is 1.93. The monoisotopic (exact) mass is 293 g/mol. The number of nitrogens with one attached hydrogen (secondary N) is 1. The lowest BCUT2D eigenvalue weighted by molar-refractivity contribution is -0.143. The van der Waals surface area contributed by atoms with E-state index in [2.05, 4.69) is 5.32 Å². The van der Waals surface area contributed by atoms with Crippen LogP contribution in [0.5, 0.6) is 5.75 Å². The molecule has 5 heteroatoms. The Bertz CT molecular complexity index is 499. The Hall–Kier alpha value is -2.04. The standard InChI is InChI=1S/C16H23NO4/c1-10(2)8-14(16(19)20)17-15(18)12(4)21-13-7-5-6-11(3)9-13/h5-7,9-10,12,14H,8H2,1-4H3,(H,17,18)(H,19,20). The highest BCUT2D eigenvalue weighted by atomic mass is 16.5. The molecule has 0 aromatic heterocycles. The first kappa shape index (κ1) is 17.0. The Kier molecular flexibility index (Phi) is 6.21. The maximum atomic E-state index is 12.0. The molecule has 0 aliphatic carbocycles. The van der Waals surface area contributed by atoms with Crippen LogP contribution in [0.1, 0.15) is 32.8 Å². The van der Waals surface area contributed by atoms with E-state index < -0.39 is 24.0 Å². The van der Waals surface area contributed by atoms with Gasteiger partial charge in [-0.1, -0.05) is 26.0 Å². The lowest BCUT2D eigenvalue weighted by atomic mass is 10.0. The molecule has 0 bridgehead atoms. The third kappa shape index (κ3) is 5.85. The number of carboxylic acids is 1. The van der Waals surface area contributed by atoms with Crippen molar-refractivity contribution in [1.82, 2.24) is 5.32 Å². The van der Waals surface area contributed by atoms with Crippen LogP contribution in [0, 0.1) is 12.8 Å². The summed E-state index contributed by atoms with van der Waals surface area (Å²) in [6.45, 7) is 7.36. The number of hydrogen-bond donors (Lipinski definition) is 2. The van der Waals surface area contributed by atoms with Gasteiger partial charge in [-0.3, -0.25) is 4.79 Å². The summed E-state index contributed by atoms with van der Waals surface area (Å²) in [6, 6.07) is 6.47. The summed E-state index contributed by atoms with van der Waals surface area (Å²) in [6.07, 6.45) is -0.362. The van der Waals surface area contributed by atoms with Crippen LogP contribution in [0.25, 0.3) is 0 Å². The van der Waals surface area contributed by atoms with Crippen molar-refractivity contribution in [2.24, 2.45) is 5.92 Å². The van der Waals surface area contributed by atoms with E-state index in [1.54, 1.807) is 13.0 Å². The first-order valence-corrected chi connectivity index (χ1v) is 7.06. The molecule has 0 heterocycles. The Morgan fingerprint density at radius 3 is 2.48 bits per heavy atom.